The van der Waals surface area contributed by atoms with Gasteiger partial charge in [-0.05, 0) is 19.8 Å². The second kappa shape index (κ2) is 40.8. The number of carboxylic acids is 2. The van der Waals surface area contributed by atoms with Gasteiger partial charge in [-0.3, -0.25) is 6.29 Å². The first-order valence-electron chi connectivity index (χ1n) is 13.0. The molecule has 0 aliphatic carbocycles. The number of unbranched alkanes of at least 4 members (excludes halogenated alkanes) is 12. The van der Waals surface area contributed by atoms with Gasteiger partial charge in [0.1, 0.15) is 0 Å². The van der Waals surface area contributed by atoms with Gasteiger partial charge in [0, 0.05) is 11.1 Å². The van der Waals surface area contributed by atoms with Gasteiger partial charge < -0.3 is 21.4 Å². The van der Waals surface area contributed by atoms with E-state index in [1.165, 1.54) is 90.9 Å². The van der Waals surface area contributed by atoms with E-state index in [2.05, 4.69) is 27.0 Å². The molecule has 7 heteroatoms. The maximum atomic E-state index is 10.0. The number of aliphatic carboxylic acids is 2. The van der Waals surface area contributed by atoms with Crippen LogP contribution >= 0.6 is 0 Å². The van der Waals surface area contributed by atoms with E-state index < -0.39 is 11.9 Å². The molecule has 0 spiro atoms. The molecular formula is C29H54O6Ti. The van der Waals surface area contributed by atoms with E-state index in [4.69, 9.17) is 13.5 Å². The van der Waals surface area contributed by atoms with Crippen LogP contribution in [0.2, 0.25) is 0 Å². The van der Waals surface area contributed by atoms with Gasteiger partial charge in [-0.1, -0.05) is 110 Å². The number of hydrogen-bond acceptors (Lipinski definition) is 4. The van der Waals surface area contributed by atoms with Crippen molar-refractivity contribution in [2.24, 2.45) is 5.92 Å². The zero-order chi connectivity index (χ0) is 29.2. The molecular weight excluding hydrogens is 492 g/mol. The van der Waals surface area contributed by atoms with Crippen molar-refractivity contribution in [1.82, 2.24) is 0 Å². The quantitative estimate of drug-likeness (QED) is 0.0818. The third-order valence-electron chi connectivity index (χ3n) is 4.54. The topological polar surface area (TPSA) is 109 Å². The number of rotatable bonds is 17. The SMILES string of the molecule is C=C(C)C(=O)O.C=C(C)C(=O)O.CC(C)CCCCCCCCCCCCCC[C-]=O.C[CH-]C.[O]=[Ti+2]. The van der Waals surface area contributed by atoms with Crippen LogP contribution in [0.4, 0.5) is 0 Å². The fraction of sp³-hybridized carbons (Fsp3) is 0.724. The van der Waals surface area contributed by atoms with E-state index in [0.29, 0.717) is 6.42 Å². The molecule has 0 saturated heterocycles. The fourth-order valence-electron chi connectivity index (χ4n) is 2.52. The van der Waals surface area contributed by atoms with Gasteiger partial charge >= 0.3 is 35.7 Å². The minimum absolute atomic E-state index is 0.176. The number of carbonyl (C=O) groups is 2. The molecule has 0 unspecified atom stereocenters. The Labute approximate surface area is 234 Å². The van der Waals surface area contributed by atoms with Crippen molar-refractivity contribution in [2.45, 2.75) is 131 Å². The summed E-state index contributed by atoms with van der Waals surface area (Å²) in [6.45, 7) is 17.8. The normalized spacial score (nSPS) is 9.03. The van der Waals surface area contributed by atoms with Crippen LogP contribution in [0.3, 0.4) is 0 Å². The average Bonchev–Trinajstić information content (AvgIpc) is 2.81. The molecule has 36 heavy (non-hydrogen) atoms. The van der Waals surface area contributed by atoms with E-state index in [0.717, 1.165) is 32.7 Å². The molecule has 0 atom stereocenters. The maximum absolute atomic E-state index is 10.0. The minimum atomic E-state index is -0.935. The molecule has 0 fully saturated rings. The van der Waals surface area contributed by atoms with Crippen LogP contribution < -0.4 is 0 Å². The fourth-order valence-corrected chi connectivity index (χ4v) is 2.52. The van der Waals surface area contributed by atoms with E-state index in [9.17, 15) is 14.4 Å². The summed E-state index contributed by atoms with van der Waals surface area (Å²) in [6, 6.07) is 0. The zero-order valence-corrected chi connectivity index (χ0v) is 25.6. The Balaban J connectivity index is -0.000000153. The first-order valence-corrected chi connectivity index (χ1v) is 13.7. The second-order valence-electron chi connectivity index (χ2n) is 9.07. The first-order chi connectivity index (χ1) is 17.0. The molecule has 0 aromatic rings. The third kappa shape index (κ3) is 63.7. The van der Waals surface area contributed by atoms with Crippen LogP contribution in [0.25, 0.3) is 0 Å². The average molecular weight is 547 g/mol. The second-order valence-corrected chi connectivity index (χ2v) is 9.07. The molecule has 0 bridgehead atoms. The van der Waals surface area contributed by atoms with Gasteiger partial charge in [-0.15, -0.1) is 0 Å². The summed E-state index contributed by atoms with van der Waals surface area (Å²) in [5.74, 6) is -0.991. The van der Waals surface area contributed by atoms with Gasteiger partial charge in [-0.25, -0.2) is 9.59 Å². The summed E-state index contributed by atoms with van der Waals surface area (Å²) >= 11 is 0.750. The first kappa shape index (κ1) is 44.6. The molecule has 0 amide bonds. The predicted octanol–water partition coefficient (Wildman–Crippen LogP) is 8.62. The molecule has 0 rings (SSSR count). The predicted molar refractivity (Wildman–Crippen MR) is 146 cm³/mol. The van der Waals surface area contributed by atoms with Crippen molar-refractivity contribution in [3.8, 4) is 0 Å². The molecule has 0 aliphatic heterocycles. The van der Waals surface area contributed by atoms with Crippen LogP contribution in [0, 0.1) is 12.3 Å². The monoisotopic (exact) mass is 546 g/mol. The van der Waals surface area contributed by atoms with Gasteiger partial charge in [0.25, 0.3) is 0 Å². The van der Waals surface area contributed by atoms with E-state index in [-0.39, 0.29) is 11.1 Å². The van der Waals surface area contributed by atoms with Crippen LogP contribution in [-0.2, 0) is 38.1 Å². The molecule has 2 N–H and O–H groups in total. The summed E-state index contributed by atoms with van der Waals surface area (Å²) in [5, 5.41) is 15.8. The van der Waals surface area contributed by atoms with Crippen LogP contribution in [-0.4, -0.2) is 28.4 Å². The van der Waals surface area contributed by atoms with Crippen molar-refractivity contribution in [2.75, 3.05) is 0 Å². The summed E-state index contributed by atoms with van der Waals surface area (Å²) in [7, 11) is 0. The summed E-state index contributed by atoms with van der Waals surface area (Å²) in [6.07, 6.45) is 22.3. The summed E-state index contributed by atoms with van der Waals surface area (Å²) in [4.78, 5) is 29.2. The van der Waals surface area contributed by atoms with E-state index in [1.807, 2.05) is 26.6 Å². The molecule has 0 aromatic carbocycles. The standard InChI is InChI=1S/C18H35O.2C4H6O2.C3H7.O.Ti/c1-18(2)16-14-12-10-8-6-4-3-5-7-9-11-13-15-17-19;2*1-3(2)4(5)6;1-3-2;;/h18H,3-16H2,1-2H3;2*1H2,2H3,(H,5,6);3H,1-2H3;;/q-1;;;-1;;+2. The van der Waals surface area contributed by atoms with Crippen LogP contribution in [0.15, 0.2) is 24.3 Å². The Bertz CT molecular complexity index is 470. The Morgan fingerprint density at radius 2 is 0.944 bits per heavy atom. The third-order valence-corrected chi connectivity index (χ3v) is 4.54. The Hall–Kier alpha value is -1.40. The molecule has 6 nitrogen and oxygen atoms in total. The Kier molecular flexibility index (Phi) is 50.5. The van der Waals surface area contributed by atoms with E-state index >= 15 is 0 Å². The number of carboxylic acid groups (broad SMARTS) is 2. The molecule has 0 heterocycles. The summed E-state index contributed by atoms with van der Waals surface area (Å²) < 4.78 is 8.25. The van der Waals surface area contributed by atoms with Crippen molar-refractivity contribution in [3.63, 3.8) is 0 Å². The molecule has 0 aliphatic rings. The van der Waals surface area contributed by atoms with Gasteiger partial charge in [0.2, 0.25) is 0 Å². The van der Waals surface area contributed by atoms with E-state index in [1.54, 1.807) is 0 Å². The molecule has 0 radical (unpaired) electrons. The van der Waals surface area contributed by atoms with Gasteiger partial charge in [-0.2, -0.15) is 20.3 Å². The van der Waals surface area contributed by atoms with Gasteiger partial charge in [0.15, 0.2) is 0 Å². The molecule has 0 saturated carbocycles. The number of hydrogen-bond donors (Lipinski definition) is 2. The zero-order valence-electron chi connectivity index (χ0n) is 24.0. The van der Waals surface area contributed by atoms with Crippen molar-refractivity contribution in [1.29, 1.82) is 0 Å². The summed E-state index contributed by atoms with van der Waals surface area (Å²) in [5.41, 5.74) is 0.352. The Morgan fingerprint density at radius 3 is 1.14 bits per heavy atom. The number of carbonyl (C=O) groups excluding carboxylic acids is 1. The van der Waals surface area contributed by atoms with Crippen molar-refractivity contribution in [3.05, 3.63) is 30.7 Å². The van der Waals surface area contributed by atoms with Crippen molar-refractivity contribution < 1.29 is 48.3 Å². The van der Waals surface area contributed by atoms with Crippen LogP contribution in [0.5, 0.6) is 0 Å². The Morgan fingerprint density at radius 1 is 0.722 bits per heavy atom. The van der Waals surface area contributed by atoms with Crippen molar-refractivity contribution >= 4 is 18.2 Å². The molecule has 210 valence electrons. The molecule has 0 aromatic heterocycles. The van der Waals surface area contributed by atoms with Gasteiger partial charge in [0.05, 0.1) is 0 Å². The van der Waals surface area contributed by atoms with Crippen LogP contribution in [0.1, 0.15) is 131 Å².